The molecule has 0 heterocycles. The molecule has 0 aromatic heterocycles. The van der Waals surface area contributed by atoms with Gasteiger partial charge in [-0.05, 0) is 35.7 Å². The normalized spacial score (nSPS) is 30.7. The fourth-order valence-corrected chi connectivity index (χ4v) is 4.90. The summed E-state index contributed by atoms with van der Waals surface area (Å²) in [6.45, 7) is 14.1. The molecule has 0 bridgehead atoms. The Morgan fingerprint density at radius 2 is 1.82 bits per heavy atom. The van der Waals surface area contributed by atoms with Gasteiger partial charge in [0.05, 0.1) is 5.41 Å². The first-order chi connectivity index (χ1) is 10.0. The van der Waals surface area contributed by atoms with Gasteiger partial charge in [-0.3, -0.25) is 4.79 Å². The summed E-state index contributed by atoms with van der Waals surface area (Å²) in [7, 11) is -1.83. The van der Waals surface area contributed by atoms with Crippen LogP contribution in [0, 0.1) is 5.41 Å². The summed E-state index contributed by atoms with van der Waals surface area (Å²) >= 11 is 0. The molecule has 0 unspecified atom stereocenters. The quantitative estimate of drug-likeness (QED) is 0.768. The molecule has 0 radical (unpaired) electrons. The van der Waals surface area contributed by atoms with Crippen molar-refractivity contribution in [1.82, 2.24) is 0 Å². The van der Waals surface area contributed by atoms with Crippen LogP contribution in [-0.4, -0.2) is 20.7 Å². The van der Waals surface area contributed by atoms with E-state index in [2.05, 4.69) is 65.1 Å². The molecule has 0 saturated heterocycles. The van der Waals surface area contributed by atoms with E-state index in [1.54, 1.807) is 0 Å². The van der Waals surface area contributed by atoms with Crippen molar-refractivity contribution < 1.29 is 9.22 Å². The second kappa shape index (κ2) is 4.54. The van der Waals surface area contributed by atoms with Crippen LogP contribution in [0.1, 0.15) is 45.2 Å². The average Bonchev–Trinajstić information content (AvgIpc) is 2.61. The molecule has 22 heavy (non-hydrogen) atoms. The highest BCUT2D eigenvalue weighted by atomic mass is 28.4. The van der Waals surface area contributed by atoms with Gasteiger partial charge in [0.1, 0.15) is 5.78 Å². The zero-order chi connectivity index (χ0) is 16.4. The van der Waals surface area contributed by atoms with Crippen LogP contribution in [0.25, 0.3) is 0 Å². The van der Waals surface area contributed by atoms with Crippen molar-refractivity contribution >= 4 is 14.1 Å². The Labute approximate surface area is 135 Å². The Morgan fingerprint density at radius 1 is 1.18 bits per heavy atom. The van der Waals surface area contributed by atoms with Gasteiger partial charge in [0.15, 0.2) is 8.32 Å². The maximum absolute atomic E-state index is 12.6. The molecule has 2 nitrogen and oxygen atoms in total. The number of ketones is 1. The first kappa shape index (κ1) is 15.9. The van der Waals surface area contributed by atoms with Crippen LogP contribution >= 0.6 is 0 Å². The SMILES string of the molecule is CC(C)(C)[Si](C)(C)OC[C@]12Cc3ccccc3[C@@]1(C)CC2=O. The number of rotatable bonds is 3. The van der Waals surface area contributed by atoms with Gasteiger partial charge in [0.25, 0.3) is 0 Å². The van der Waals surface area contributed by atoms with Gasteiger partial charge in [-0.25, -0.2) is 0 Å². The maximum Gasteiger partial charge on any atom is 0.192 e. The fraction of sp³-hybridized carbons (Fsp3) is 0.632. The molecule has 2 aliphatic rings. The van der Waals surface area contributed by atoms with Gasteiger partial charge in [-0.1, -0.05) is 52.0 Å². The summed E-state index contributed by atoms with van der Waals surface area (Å²) in [5.74, 6) is 0.393. The van der Waals surface area contributed by atoms with Gasteiger partial charge < -0.3 is 4.43 Å². The van der Waals surface area contributed by atoms with Crippen molar-refractivity contribution in [3.05, 3.63) is 35.4 Å². The summed E-state index contributed by atoms with van der Waals surface area (Å²) in [6.07, 6.45) is 1.53. The summed E-state index contributed by atoms with van der Waals surface area (Å²) in [5.41, 5.74) is 2.37. The van der Waals surface area contributed by atoms with E-state index in [0.717, 1.165) is 6.42 Å². The second-order valence-corrected chi connectivity index (χ2v) is 13.7. The highest BCUT2D eigenvalue weighted by Gasteiger charge is 2.67. The molecule has 1 aromatic carbocycles. The highest BCUT2D eigenvalue weighted by molar-refractivity contribution is 6.74. The van der Waals surface area contributed by atoms with Gasteiger partial charge >= 0.3 is 0 Å². The molecule has 1 saturated carbocycles. The first-order valence-electron chi connectivity index (χ1n) is 8.29. The molecule has 0 amide bonds. The number of benzene rings is 1. The Morgan fingerprint density at radius 3 is 2.41 bits per heavy atom. The van der Waals surface area contributed by atoms with Crippen molar-refractivity contribution in [3.63, 3.8) is 0 Å². The van der Waals surface area contributed by atoms with E-state index >= 15 is 0 Å². The smallest absolute Gasteiger partial charge is 0.192 e. The maximum atomic E-state index is 12.6. The summed E-state index contributed by atoms with van der Waals surface area (Å²) < 4.78 is 6.49. The van der Waals surface area contributed by atoms with Crippen molar-refractivity contribution in [1.29, 1.82) is 0 Å². The van der Waals surface area contributed by atoms with E-state index in [1.807, 2.05) is 0 Å². The Kier molecular flexibility index (Phi) is 3.29. The van der Waals surface area contributed by atoms with E-state index in [4.69, 9.17) is 4.43 Å². The summed E-state index contributed by atoms with van der Waals surface area (Å²) in [5, 5.41) is 0.179. The Balaban J connectivity index is 1.89. The molecule has 0 N–H and O–H groups in total. The molecule has 1 aromatic rings. The lowest BCUT2D eigenvalue weighted by Crippen LogP contribution is -2.62. The molecule has 120 valence electrons. The average molecular weight is 317 g/mol. The van der Waals surface area contributed by atoms with E-state index in [-0.39, 0.29) is 15.9 Å². The van der Waals surface area contributed by atoms with E-state index in [1.165, 1.54) is 11.1 Å². The zero-order valence-electron chi connectivity index (χ0n) is 14.7. The van der Waals surface area contributed by atoms with Crippen LogP contribution in [-0.2, 0) is 21.1 Å². The third-order valence-corrected chi connectivity index (χ3v) is 11.2. The van der Waals surface area contributed by atoms with Crippen molar-refractivity contribution in [3.8, 4) is 0 Å². The Hall–Kier alpha value is -0.933. The number of carbonyl (C=O) groups is 1. The second-order valence-electron chi connectivity index (χ2n) is 8.90. The van der Waals surface area contributed by atoms with E-state index in [0.29, 0.717) is 18.8 Å². The van der Waals surface area contributed by atoms with Gasteiger partial charge in [0, 0.05) is 18.4 Å². The minimum atomic E-state index is -1.83. The van der Waals surface area contributed by atoms with Gasteiger partial charge in [0.2, 0.25) is 0 Å². The first-order valence-corrected chi connectivity index (χ1v) is 11.2. The van der Waals surface area contributed by atoms with Crippen LogP contribution in [0.5, 0.6) is 0 Å². The van der Waals surface area contributed by atoms with Crippen LogP contribution in [0.3, 0.4) is 0 Å². The molecule has 1 fully saturated rings. The summed E-state index contributed by atoms with van der Waals surface area (Å²) in [4.78, 5) is 12.6. The lowest BCUT2D eigenvalue weighted by molar-refractivity contribution is -0.151. The van der Waals surface area contributed by atoms with Crippen LogP contribution in [0.4, 0.5) is 0 Å². The molecule has 0 aliphatic heterocycles. The minimum Gasteiger partial charge on any atom is -0.416 e. The molecular formula is C19H28O2Si. The van der Waals surface area contributed by atoms with Crippen molar-refractivity contribution in [2.75, 3.05) is 6.61 Å². The lowest BCUT2D eigenvalue weighted by Gasteiger charge is -2.53. The number of fused-ring (bicyclic) bond motifs is 3. The topological polar surface area (TPSA) is 26.3 Å². The van der Waals surface area contributed by atoms with E-state index < -0.39 is 8.32 Å². The number of carbonyl (C=O) groups excluding carboxylic acids is 1. The molecular weight excluding hydrogens is 288 g/mol. The predicted molar refractivity (Wildman–Crippen MR) is 92.7 cm³/mol. The number of hydrogen-bond donors (Lipinski definition) is 0. The third-order valence-electron chi connectivity index (χ3n) is 6.69. The van der Waals surface area contributed by atoms with Crippen LogP contribution < -0.4 is 0 Å². The van der Waals surface area contributed by atoms with Crippen LogP contribution in [0.2, 0.25) is 18.1 Å². The van der Waals surface area contributed by atoms with Crippen molar-refractivity contribution in [2.45, 2.75) is 64.1 Å². The standard InChI is InChI=1S/C19H28O2Si/c1-17(2,3)22(5,6)21-13-19-11-14-9-7-8-10-15(14)18(19,4)12-16(19)20/h7-10H,11-13H2,1-6H3/t18-,19+/m1/s1. The predicted octanol–water partition coefficient (Wildman–Crippen LogP) is 4.48. The number of Topliss-reactive ketones (excluding diaryl/α,β-unsaturated/α-hetero) is 1. The number of hydrogen-bond acceptors (Lipinski definition) is 2. The van der Waals surface area contributed by atoms with E-state index in [9.17, 15) is 4.79 Å². The zero-order valence-corrected chi connectivity index (χ0v) is 15.7. The Bertz CT molecular complexity index is 629. The van der Waals surface area contributed by atoms with Crippen LogP contribution in [0.15, 0.2) is 24.3 Å². The molecule has 2 atom stereocenters. The molecule has 0 spiro atoms. The van der Waals surface area contributed by atoms with Gasteiger partial charge in [-0.2, -0.15) is 0 Å². The molecule has 2 aliphatic carbocycles. The lowest BCUT2D eigenvalue weighted by atomic mass is 9.50. The fourth-order valence-electron chi connectivity index (χ4n) is 3.86. The van der Waals surface area contributed by atoms with Gasteiger partial charge in [-0.15, -0.1) is 0 Å². The third kappa shape index (κ3) is 1.91. The molecule has 3 rings (SSSR count). The highest BCUT2D eigenvalue weighted by Crippen LogP contribution is 2.62. The monoisotopic (exact) mass is 316 g/mol. The minimum absolute atomic E-state index is 0.0248. The molecule has 3 heteroatoms. The largest absolute Gasteiger partial charge is 0.416 e. The summed E-state index contributed by atoms with van der Waals surface area (Å²) in [6, 6.07) is 8.56. The van der Waals surface area contributed by atoms with Crippen molar-refractivity contribution in [2.24, 2.45) is 5.41 Å².